The van der Waals surface area contributed by atoms with Crippen molar-refractivity contribution in [3.8, 4) is 0 Å². The first kappa shape index (κ1) is 21.1. The quantitative estimate of drug-likeness (QED) is 0.620. The van der Waals surface area contributed by atoms with E-state index in [4.69, 9.17) is 4.74 Å². The number of aliphatic hydroxyl groups is 1. The average Bonchev–Trinajstić information content (AvgIpc) is 2.70. The molecule has 154 valence electrons. The molecule has 0 aromatic heterocycles. The molecule has 29 heavy (non-hydrogen) atoms. The Morgan fingerprint density at radius 1 is 1.10 bits per heavy atom. The van der Waals surface area contributed by atoms with Crippen molar-refractivity contribution in [1.29, 1.82) is 0 Å². The number of rotatable bonds is 8. The summed E-state index contributed by atoms with van der Waals surface area (Å²) in [6.45, 7) is 4.11. The predicted molar refractivity (Wildman–Crippen MR) is 115 cm³/mol. The largest absolute Gasteiger partial charge is 0.512 e. The van der Waals surface area contributed by atoms with Crippen molar-refractivity contribution in [3.63, 3.8) is 0 Å². The van der Waals surface area contributed by atoms with Gasteiger partial charge in [-0.15, -0.1) is 0 Å². The molecular weight excluding hydrogens is 362 g/mol. The van der Waals surface area contributed by atoms with Gasteiger partial charge in [-0.2, -0.15) is 0 Å². The minimum absolute atomic E-state index is 0.182. The first-order chi connectivity index (χ1) is 14.0. The lowest BCUT2D eigenvalue weighted by molar-refractivity contribution is -0.254. The fourth-order valence-corrected chi connectivity index (χ4v) is 4.44. The zero-order valence-electron chi connectivity index (χ0n) is 17.5. The molecule has 1 heterocycles. The van der Waals surface area contributed by atoms with E-state index in [1.54, 1.807) is 0 Å². The SMILES string of the molecule is CCCC1(CCc2ccccc2)CC(O)=C(C(CC)c2cccc([NH3+])c2)C(=O)O1. The molecule has 0 aliphatic carbocycles. The minimum atomic E-state index is -0.637. The molecule has 3 rings (SSSR count). The van der Waals surface area contributed by atoms with E-state index >= 15 is 0 Å². The van der Waals surface area contributed by atoms with E-state index in [1.807, 2.05) is 49.4 Å². The van der Waals surface area contributed by atoms with Gasteiger partial charge in [0.2, 0.25) is 0 Å². The maximum Gasteiger partial charge on any atom is 0.338 e. The van der Waals surface area contributed by atoms with Crippen molar-refractivity contribution in [2.45, 2.75) is 63.9 Å². The number of hydrogen-bond acceptors (Lipinski definition) is 3. The maximum atomic E-state index is 13.1. The van der Waals surface area contributed by atoms with Crippen LogP contribution in [0.25, 0.3) is 0 Å². The fourth-order valence-electron chi connectivity index (χ4n) is 4.44. The van der Waals surface area contributed by atoms with Crippen LogP contribution in [0.15, 0.2) is 65.9 Å². The Labute approximate surface area is 173 Å². The Morgan fingerprint density at radius 3 is 2.48 bits per heavy atom. The number of cyclic esters (lactones) is 1. The molecule has 4 N–H and O–H groups in total. The molecule has 0 amide bonds. The van der Waals surface area contributed by atoms with Crippen molar-refractivity contribution in [1.82, 2.24) is 0 Å². The highest BCUT2D eigenvalue weighted by molar-refractivity contribution is 5.92. The summed E-state index contributed by atoms with van der Waals surface area (Å²) in [5.74, 6) is -0.376. The molecule has 0 bridgehead atoms. The van der Waals surface area contributed by atoms with E-state index in [-0.39, 0.29) is 17.6 Å². The van der Waals surface area contributed by atoms with Gasteiger partial charge in [0.05, 0.1) is 5.57 Å². The van der Waals surface area contributed by atoms with Gasteiger partial charge in [0.15, 0.2) is 0 Å². The molecule has 4 heteroatoms. The van der Waals surface area contributed by atoms with Gasteiger partial charge in [0.25, 0.3) is 0 Å². The second-order valence-corrected chi connectivity index (χ2v) is 8.05. The Morgan fingerprint density at radius 2 is 1.86 bits per heavy atom. The van der Waals surface area contributed by atoms with Crippen LogP contribution in [0.2, 0.25) is 0 Å². The third kappa shape index (κ3) is 4.88. The van der Waals surface area contributed by atoms with E-state index < -0.39 is 5.60 Å². The van der Waals surface area contributed by atoms with E-state index in [1.165, 1.54) is 5.56 Å². The fraction of sp³-hybridized carbons (Fsp3) is 0.400. The number of aryl methyl sites for hydroxylation is 1. The van der Waals surface area contributed by atoms with Gasteiger partial charge in [-0.05, 0) is 42.9 Å². The Kier molecular flexibility index (Phi) is 6.75. The molecule has 2 unspecified atom stereocenters. The summed E-state index contributed by atoms with van der Waals surface area (Å²) in [7, 11) is 0. The van der Waals surface area contributed by atoms with E-state index in [0.29, 0.717) is 24.8 Å². The van der Waals surface area contributed by atoms with Gasteiger partial charge in [0, 0.05) is 18.4 Å². The smallest absolute Gasteiger partial charge is 0.338 e. The molecule has 2 atom stereocenters. The number of benzene rings is 2. The Bertz CT molecular complexity index is 875. The van der Waals surface area contributed by atoms with Crippen molar-refractivity contribution >= 4 is 11.7 Å². The highest BCUT2D eigenvalue weighted by Gasteiger charge is 2.43. The summed E-state index contributed by atoms with van der Waals surface area (Å²) in [5, 5.41) is 11.0. The third-order valence-electron chi connectivity index (χ3n) is 5.86. The predicted octanol–water partition coefficient (Wildman–Crippen LogP) is 4.98. The van der Waals surface area contributed by atoms with Crippen LogP contribution in [0.1, 0.15) is 63.0 Å². The van der Waals surface area contributed by atoms with E-state index in [9.17, 15) is 9.90 Å². The van der Waals surface area contributed by atoms with Gasteiger partial charge in [-0.25, -0.2) is 4.79 Å². The summed E-state index contributed by atoms with van der Waals surface area (Å²) in [6, 6.07) is 18.0. The van der Waals surface area contributed by atoms with Crippen LogP contribution in [-0.4, -0.2) is 16.7 Å². The van der Waals surface area contributed by atoms with Gasteiger partial charge in [0.1, 0.15) is 17.0 Å². The second-order valence-electron chi connectivity index (χ2n) is 8.05. The minimum Gasteiger partial charge on any atom is -0.512 e. The standard InChI is InChI=1S/C25H31NO3/c1-3-14-25(15-13-18-9-6-5-7-10-18)17-22(27)23(24(28)29-25)21(4-2)19-11-8-12-20(26)16-19/h5-12,16,21,27H,3-4,13-15,17,26H2,1-2H3/p+1. The van der Waals surface area contributed by atoms with Crippen LogP contribution in [0.4, 0.5) is 5.69 Å². The molecule has 0 saturated heterocycles. The first-order valence-electron chi connectivity index (χ1n) is 10.6. The molecule has 0 spiro atoms. The van der Waals surface area contributed by atoms with E-state index in [0.717, 1.165) is 30.5 Å². The first-order valence-corrected chi connectivity index (χ1v) is 10.6. The lowest BCUT2D eigenvalue weighted by Crippen LogP contribution is -2.42. The summed E-state index contributed by atoms with van der Waals surface area (Å²) in [5.41, 5.74) is 6.86. The van der Waals surface area contributed by atoms with Crippen LogP contribution in [0.3, 0.4) is 0 Å². The molecule has 1 aliphatic rings. The highest BCUT2D eigenvalue weighted by Crippen LogP contribution is 2.41. The number of carbonyl (C=O) groups excluding carboxylic acids is 1. The molecule has 2 aromatic rings. The molecule has 1 aliphatic heterocycles. The van der Waals surface area contributed by atoms with Crippen molar-refractivity contribution in [2.24, 2.45) is 0 Å². The van der Waals surface area contributed by atoms with Gasteiger partial charge in [-0.1, -0.05) is 62.7 Å². The molecule has 4 nitrogen and oxygen atoms in total. The van der Waals surface area contributed by atoms with Crippen LogP contribution >= 0.6 is 0 Å². The molecule has 0 fully saturated rings. The van der Waals surface area contributed by atoms with Crippen LogP contribution < -0.4 is 5.73 Å². The number of quaternary nitrogens is 1. The zero-order valence-corrected chi connectivity index (χ0v) is 17.5. The van der Waals surface area contributed by atoms with Gasteiger partial charge >= 0.3 is 5.97 Å². The summed E-state index contributed by atoms with van der Waals surface area (Å²) in [6.07, 6.45) is 4.26. The third-order valence-corrected chi connectivity index (χ3v) is 5.86. The number of carbonyl (C=O) groups is 1. The molecular formula is C25H32NO3+. The van der Waals surface area contributed by atoms with Gasteiger partial charge < -0.3 is 15.6 Å². The normalized spacial score (nSPS) is 20.4. The summed E-state index contributed by atoms with van der Waals surface area (Å²) >= 11 is 0. The molecule has 0 radical (unpaired) electrons. The van der Waals surface area contributed by atoms with Crippen LogP contribution in [0, 0.1) is 0 Å². The number of esters is 1. The molecule has 2 aromatic carbocycles. The molecule has 0 saturated carbocycles. The zero-order chi connectivity index (χ0) is 20.9. The summed E-state index contributed by atoms with van der Waals surface area (Å²) < 4.78 is 6.08. The number of hydrogen-bond donors (Lipinski definition) is 2. The van der Waals surface area contributed by atoms with E-state index in [2.05, 4.69) is 24.8 Å². The van der Waals surface area contributed by atoms with Crippen LogP contribution in [-0.2, 0) is 16.0 Å². The summed E-state index contributed by atoms with van der Waals surface area (Å²) in [4.78, 5) is 13.1. The lowest BCUT2D eigenvalue weighted by Gasteiger charge is -2.38. The Balaban J connectivity index is 1.87. The Hall–Kier alpha value is -2.59. The second kappa shape index (κ2) is 9.27. The highest BCUT2D eigenvalue weighted by atomic mass is 16.6. The topological polar surface area (TPSA) is 74.2 Å². The van der Waals surface area contributed by atoms with Gasteiger partial charge in [-0.3, -0.25) is 0 Å². The van der Waals surface area contributed by atoms with Crippen molar-refractivity contribution in [3.05, 3.63) is 77.1 Å². The number of aliphatic hydroxyl groups excluding tert-OH is 1. The number of ether oxygens (including phenoxy) is 1. The average molecular weight is 395 g/mol. The lowest BCUT2D eigenvalue weighted by atomic mass is 9.80. The maximum absolute atomic E-state index is 13.1. The monoisotopic (exact) mass is 394 g/mol. The van der Waals surface area contributed by atoms with Crippen molar-refractivity contribution in [2.75, 3.05) is 0 Å². The van der Waals surface area contributed by atoms with Crippen molar-refractivity contribution < 1.29 is 20.4 Å². The van der Waals surface area contributed by atoms with Crippen LogP contribution in [0.5, 0.6) is 0 Å².